The van der Waals surface area contributed by atoms with Gasteiger partial charge >= 0.3 is 0 Å². The van der Waals surface area contributed by atoms with Crippen molar-refractivity contribution in [3.8, 4) is 16.9 Å². The summed E-state index contributed by atoms with van der Waals surface area (Å²) in [7, 11) is 0. The Kier molecular flexibility index (Phi) is 3.55. The van der Waals surface area contributed by atoms with Gasteiger partial charge in [-0.3, -0.25) is 9.78 Å². The highest BCUT2D eigenvalue weighted by Gasteiger charge is 2.53. The molecule has 140 valence electrons. The summed E-state index contributed by atoms with van der Waals surface area (Å²) < 4.78 is 32.2. The van der Waals surface area contributed by atoms with Crippen molar-refractivity contribution in [2.45, 2.75) is 30.6 Å². The van der Waals surface area contributed by atoms with Crippen molar-refractivity contribution in [3.05, 3.63) is 48.3 Å². The topological polar surface area (TPSA) is 42.4 Å². The first-order chi connectivity index (χ1) is 13.0. The number of amides is 1. The number of likely N-dealkylation sites (tertiary alicyclic amines) is 1. The van der Waals surface area contributed by atoms with Crippen LogP contribution in [-0.2, 0) is 10.2 Å². The van der Waals surface area contributed by atoms with Crippen LogP contribution in [0.25, 0.3) is 11.1 Å². The van der Waals surface area contributed by atoms with E-state index in [9.17, 15) is 13.6 Å². The predicted octanol–water partition coefficient (Wildman–Crippen LogP) is 3.66. The van der Waals surface area contributed by atoms with Crippen molar-refractivity contribution in [2.75, 3.05) is 19.7 Å². The molecule has 0 radical (unpaired) electrons. The van der Waals surface area contributed by atoms with E-state index >= 15 is 0 Å². The summed E-state index contributed by atoms with van der Waals surface area (Å²) in [4.78, 5) is 18.5. The number of nitrogens with zero attached hydrogens (tertiary/aromatic N) is 2. The first kappa shape index (κ1) is 16.7. The van der Waals surface area contributed by atoms with E-state index in [1.807, 2.05) is 30.5 Å². The zero-order chi connectivity index (χ0) is 18.6. The SMILES string of the molecule is O=C(C1CC(F)(F)C1)N1CCC2(COc3ccc(-c4cccnc4)cc32)C1. The fourth-order valence-electron chi connectivity index (χ4n) is 4.57. The number of fused-ring (bicyclic) bond motifs is 2. The number of hydrogen-bond acceptors (Lipinski definition) is 3. The summed E-state index contributed by atoms with van der Waals surface area (Å²) in [6.45, 7) is 1.67. The third kappa shape index (κ3) is 2.69. The molecule has 1 aliphatic carbocycles. The van der Waals surface area contributed by atoms with Crippen LogP contribution in [-0.4, -0.2) is 41.4 Å². The van der Waals surface area contributed by atoms with Crippen LogP contribution < -0.4 is 4.74 Å². The van der Waals surface area contributed by atoms with Gasteiger partial charge in [-0.15, -0.1) is 0 Å². The molecule has 1 aromatic carbocycles. The zero-order valence-corrected chi connectivity index (χ0v) is 14.8. The minimum Gasteiger partial charge on any atom is -0.492 e. The Labute approximate surface area is 156 Å². The molecule has 0 N–H and O–H groups in total. The maximum atomic E-state index is 13.1. The molecule has 6 heteroatoms. The lowest BCUT2D eigenvalue weighted by atomic mass is 9.79. The molecule has 2 fully saturated rings. The number of alkyl halides is 2. The molecule has 1 unspecified atom stereocenters. The third-order valence-corrected chi connectivity index (χ3v) is 6.15. The lowest BCUT2D eigenvalue weighted by molar-refractivity contribution is -0.159. The van der Waals surface area contributed by atoms with Crippen LogP contribution in [0.15, 0.2) is 42.7 Å². The lowest BCUT2D eigenvalue weighted by Gasteiger charge is -2.36. The van der Waals surface area contributed by atoms with Gasteiger partial charge < -0.3 is 9.64 Å². The molecular weight excluding hydrogens is 350 g/mol. The van der Waals surface area contributed by atoms with Gasteiger partial charge in [-0.1, -0.05) is 12.1 Å². The summed E-state index contributed by atoms with van der Waals surface area (Å²) >= 11 is 0. The van der Waals surface area contributed by atoms with Crippen LogP contribution in [0.2, 0.25) is 0 Å². The van der Waals surface area contributed by atoms with Gasteiger partial charge in [0.05, 0.1) is 12.0 Å². The van der Waals surface area contributed by atoms with Gasteiger partial charge in [0.15, 0.2) is 0 Å². The molecule has 0 bridgehead atoms. The molecule has 3 heterocycles. The molecule has 27 heavy (non-hydrogen) atoms. The first-order valence-electron chi connectivity index (χ1n) is 9.30. The number of halogens is 2. The molecule has 1 amide bonds. The monoisotopic (exact) mass is 370 g/mol. The van der Waals surface area contributed by atoms with Crippen LogP contribution in [0.3, 0.4) is 0 Å². The smallest absolute Gasteiger partial charge is 0.249 e. The number of ether oxygens (including phenoxy) is 1. The van der Waals surface area contributed by atoms with Gasteiger partial charge in [0.1, 0.15) is 5.75 Å². The van der Waals surface area contributed by atoms with E-state index in [0.29, 0.717) is 19.7 Å². The van der Waals surface area contributed by atoms with E-state index in [4.69, 9.17) is 4.74 Å². The quantitative estimate of drug-likeness (QED) is 0.810. The maximum Gasteiger partial charge on any atom is 0.249 e. The molecule has 5 rings (SSSR count). The van der Waals surface area contributed by atoms with Crippen molar-refractivity contribution in [1.82, 2.24) is 9.88 Å². The van der Waals surface area contributed by atoms with Crippen LogP contribution >= 0.6 is 0 Å². The molecule has 1 atom stereocenters. The number of hydrogen-bond donors (Lipinski definition) is 0. The molecule has 1 aromatic heterocycles. The number of rotatable bonds is 2. The second-order valence-electron chi connectivity index (χ2n) is 7.99. The second-order valence-corrected chi connectivity index (χ2v) is 7.99. The van der Waals surface area contributed by atoms with Crippen LogP contribution in [0.4, 0.5) is 8.78 Å². The van der Waals surface area contributed by atoms with Crippen LogP contribution in [0.1, 0.15) is 24.8 Å². The van der Waals surface area contributed by atoms with Crippen molar-refractivity contribution in [2.24, 2.45) is 5.92 Å². The van der Waals surface area contributed by atoms with Crippen molar-refractivity contribution >= 4 is 5.91 Å². The van der Waals surface area contributed by atoms with Crippen molar-refractivity contribution < 1.29 is 18.3 Å². The van der Waals surface area contributed by atoms with E-state index in [2.05, 4.69) is 11.1 Å². The Morgan fingerprint density at radius 1 is 1.22 bits per heavy atom. The largest absolute Gasteiger partial charge is 0.492 e. The standard InChI is InChI=1S/C21H20F2N2O2/c22-21(23)9-16(10-21)19(26)25-7-5-20(12-25)13-27-18-4-3-14(8-17(18)20)15-2-1-6-24-11-15/h1-4,6,8,11,16H,5,7,9-10,12-13H2. The number of aromatic nitrogens is 1. The molecular formula is C21H20F2N2O2. The Morgan fingerprint density at radius 2 is 2.07 bits per heavy atom. The highest BCUT2D eigenvalue weighted by Crippen LogP contribution is 2.48. The molecule has 2 aliphatic heterocycles. The van der Waals surface area contributed by atoms with Gasteiger partial charge in [-0.2, -0.15) is 0 Å². The molecule has 1 saturated heterocycles. The Balaban J connectivity index is 1.39. The maximum absolute atomic E-state index is 13.1. The Morgan fingerprint density at radius 3 is 2.81 bits per heavy atom. The van der Waals surface area contributed by atoms with Crippen LogP contribution in [0.5, 0.6) is 5.75 Å². The summed E-state index contributed by atoms with van der Waals surface area (Å²) in [5.41, 5.74) is 2.97. The first-order valence-corrected chi connectivity index (χ1v) is 9.30. The average Bonchev–Trinajstić information content (AvgIpc) is 3.25. The second kappa shape index (κ2) is 5.75. The summed E-state index contributed by atoms with van der Waals surface area (Å²) in [6.07, 6.45) is 3.74. The number of carbonyl (C=O) groups is 1. The van der Waals surface area contributed by atoms with Gasteiger partial charge in [0.2, 0.25) is 11.8 Å². The van der Waals surface area contributed by atoms with Crippen molar-refractivity contribution in [3.63, 3.8) is 0 Å². The minimum absolute atomic E-state index is 0.130. The van der Waals surface area contributed by atoms with Gasteiger partial charge in [0.25, 0.3) is 0 Å². The molecule has 1 saturated carbocycles. The van der Waals surface area contributed by atoms with E-state index in [0.717, 1.165) is 28.9 Å². The summed E-state index contributed by atoms with van der Waals surface area (Å²) in [5, 5.41) is 0. The summed E-state index contributed by atoms with van der Waals surface area (Å²) in [5.74, 6) is -2.47. The molecule has 3 aliphatic rings. The summed E-state index contributed by atoms with van der Waals surface area (Å²) in [6, 6.07) is 10.0. The van der Waals surface area contributed by atoms with E-state index in [1.54, 1.807) is 11.1 Å². The van der Waals surface area contributed by atoms with E-state index in [1.165, 1.54) is 0 Å². The zero-order valence-electron chi connectivity index (χ0n) is 14.8. The Hall–Kier alpha value is -2.50. The fourth-order valence-corrected chi connectivity index (χ4v) is 4.57. The minimum atomic E-state index is -2.67. The van der Waals surface area contributed by atoms with Gasteiger partial charge in [-0.05, 0) is 30.2 Å². The van der Waals surface area contributed by atoms with E-state index in [-0.39, 0.29) is 24.2 Å². The predicted molar refractivity (Wildman–Crippen MR) is 95.7 cm³/mol. The number of benzene rings is 1. The highest BCUT2D eigenvalue weighted by atomic mass is 19.3. The fraction of sp³-hybridized carbons (Fsp3) is 0.429. The Bertz CT molecular complexity index is 894. The number of pyridine rings is 1. The highest BCUT2D eigenvalue weighted by molar-refractivity contribution is 5.81. The molecule has 1 spiro atoms. The van der Waals surface area contributed by atoms with Gasteiger partial charge in [0, 0.05) is 55.4 Å². The van der Waals surface area contributed by atoms with Gasteiger partial charge in [-0.25, -0.2) is 8.78 Å². The normalized spacial score (nSPS) is 25.9. The average molecular weight is 370 g/mol. The third-order valence-electron chi connectivity index (χ3n) is 6.15. The molecule has 4 nitrogen and oxygen atoms in total. The lowest BCUT2D eigenvalue weighted by Crippen LogP contribution is -2.47. The van der Waals surface area contributed by atoms with Crippen LogP contribution in [0, 0.1) is 5.92 Å². The molecule has 2 aromatic rings. The van der Waals surface area contributed by atoms with Crippen molar-refractivity contribution in [1.29, 1.82) is 0 Å². The number of carbonyl (C=O) groups excluding carboxylic acids is 1. The van der Waals surface area contributed by atoms with E-state index < -0.39 is 11.8 Å².